The molecule has 0 aliphatic rings. The first-order valence-electron chi connectivity index (χ1n) is 1.87. The van der Waals surface area contributed by atoms with Crippen LogP contribution in [0.15, 0.2) is 0 Å². The van der Waals surface area contributed by atoms with E-state index >= 15 is 0 Å². The average Bonchev–Trinajstić information content (AvgIpc) is 1.71. The van der Waals surface area contributed by atoms with Crippen LogP contribution in [0.2, 0.25) is 0 Å². The first-order valence-corrected chi connectivity index (χ1v) is 2.76. The van der Waals surface area contributed by atoms with Crippen molar-refractivity contribution < 1.29 is 18.0 Å². The van der Waals surface area contributed by atoms with Gasteiger partial charge in [0.1, 0.15) is 10.5 Å². The van der Waals surface area contributed by atoms with Crippen LogP contribution in [0.25, 0.3) is 0 Å². The van der Waals surface area contributed by atoms with Crippen LogP contribution < -0.4 is 0 Å². The molecule has 1 radical (unpaired) electrons. The van der Waals surface area contributed by atoms with Gasteiger partial charge in [-0.15, -0.1) is 0 Å². The zero-order chi connectivity index (χ0) is 7.21. The van der Waals surface area contributed by atoms with E-state index in [1.54, 1.807) is 0 Å². The van der Waals surface area contributed by atoms with Crippen molar-refractivity contribution in [3.8, 4) is 0 Å². The minimum Gasteiger partial charge on any atom is -0.442 e. The highest BCUT2D eigenvalue weighted by atomic mass is 28.2. The molecular weight excluding hydrogens is 137 g/mol. The molecule has 0 bridgehead atoms. The number of rotatable bonds is 0. The zero-order valence-corrected chi connectivity index (χ0v) is 6.50. The summed E-state index contributed by atoms with van der Waals surface area (Å²) in [7, 11) is 0.306. The van der Waals surface area contributed by atoms with Crippen molar-refractivity contribution >= 4 is 10.5 Å². The van der Waals surface area contributed by atoms with Gasteiger partial charge in [0.05, 0.1) is 0 Å². The fourth-order valence-corrected chi connectivity index (χ4v) is 0. The summed E-state index contributed by atoms with van der Waals surface area (Å²) in [6.45, 7) is 2.63. The zero-order valence-electron chi connectivity index (χ0n) is 4.50. The first kappa shape index (κ1) is 10.9. The molecule has 0 heterocycles. The molecule has 1 nitrogen and oxygen atoms in total. The van der Waals surface area contributed by atoms with Crippen LogP contribution in [-0.2, 0) is 0 Å². The summed E-state index contributed by atoms with van der Waals surface area (Å²) in [4.78, 5) is 7.14. The second-order valence-corrected chi connectivity index (χ2v) is 0.865. The topological polar surface area (TPSA) is 20.2 Å². The van der Waals surface area contributed by atoms with Crippen LogP contribution in [0.1, 0.15) is 6.42 Å². The summed E-state index contributed by atoms with van der Waals surface area (Å²) in [6, 6.07) is 0. The Bertz CT molecular complexity index is 44.3. The second-order valence-electron chi connectivity index (χ2n) is 0.865. The van der Waals surface area contributed by atoms with Crippen LogP contribution in [0.4, 0.5) is 13.2 Å². The highest BCUT2D eigenvalue weighted by Crippen LogP contribution is 2.17. The molecular formula is C3H8F3OSi. The monoisotopic (exact) mass is 145 g/mol. The van der Waals surface area contributed by atoms with Crippen molar-refractivity contribution in [1.82, 2.24) is 0 Å². The lowest BCUT2D eigenvalue weighted by Gasteiger charge is -1.96. The van der Waals surface area contributed by atoms with E-state index in [1.165, 1.54) is 0 Å². The molecule has 0 spiro atoms. The lowest BCUT2D eigenvalue weighted by atomic mass is 10.5. The van der Waals surface area contributed by atoms with Crippen molar-refractivity contribution in [1.29, 1.82) is 0 Å². The van der Waals surface area contributed by atoms with Crippen molar-refractivity contribution in [3.05, 3.63) is 6.92 Å². The van der Waals surface area contributed by atoms with E-state index in [0.29, 0.717) is 10.5 Å². The molecule has 0 aliphatic heterocycles. The number of hydrogen-bond acceptors (Lipinski definition) is 1. The van der Waals surface area contributed by atoms with Crippen LogP contribution in [0.3, 0.4) is 0 Å². The number of hydrogen-bond donors (Lipinski definition) is 1. The highest BCUT2D eigenvalue weighted by molar-refractivity contribution is 5.95. The predicted octanol–water partition coefficient (Wildman–Crippen LogP) is 0.0320. The first-order chi connectivity index (χ1) is 3.56. The maximum absolute atomic E-state index is 10.7. The normalized spacial score (nSPS) is 10.1. The van der Waals surface area contributed by atoms with Gasteiger partial charge in [0.15, 0.2) is 0 Å². The van der Waals surface area contributed by atoms with E-state index in [9.17, 15) is 13.2 Å². The van der Waals surface area contributed by atoms with Crippen molar-refractivity contribution in [3.63, 3.8) is 0 Å². The summed E-state index contributed by atoms with van der Waals surface area (Å²) in [6.07, 6.45) is -5.05. The summed E-state index contributed by atoms with van der Waals surface area (Å²) < 4.78 is 32.2. The smallest absolute Gasteiger partial charge is 0.389 e. The van der Waals surface area contributed by atoms with Crippen molar-refractivity contribution in [2.24, 2.45) is 0 Å². The van der Waals surface area contributed by atoms with Gasteiger partial charge in [-0.05, 0) is 6.92 Å². The van der Waals surface area contributed by atoms with Gasteiger partial charge in [0.2, 0.25) is 0 Å². The second kappa shape index (κ2) is 5.11. The highest BCUT2D eigenvalue weighted by Gasteiger charge is 2.22. The Labute approximate surface area is 49.1 Å². The van der Waals surface area contributed by atoms with E-state index < -0.39 is 12.6 Å². The molecule has 0 atom stereocenters. The minimum atomic E-state index is -4.07. The Morgan fingerprint density at radius 3 is 1.50 bits per heavy atom. The largest absolute Gasteiger partial charge is 0.442 e. The quantitative estimate of drug-likeness (QED) is 0.477. The molecule has 0 unspecified atom stereocenters. The summed E-state index contributed by atoms with van der Waals surface area (Å²) in [5, 5.41) is 0. The van der Waals surface area contributed by atoms with Gasteiger partial charge < -0.3 is 4.80 Å². The van der Waals surface area contributed by atoms with Gasteiger partial charge in [-0.1, -0.05) is 0 Å². The summed E-state index contributed by atoms with van der Waals surface area (Å²) >= 11 is 0. The maximum Gasteiger partial charge on any atom is 0.389 e. The third-order valence-electron chi connectivity index (χ3n) is 0.283. The lowest BCUT2D eigenvalue weighted by molar-refractivity contribution is -0.125. The van der Waals surface area contributed by atoms with Crippen LogP contribution in [-0.4, -0.2) is 21.5 Å². The molecule has 0 rings (SSSR count). The van der Waals surface area contributed by atoms with Gasteiger partial charge in [-0.25, -0.2) is 0 Å². The Morgan fingerprint density at radius 1 is 1.38 bits per heavy atom. The van der Waals surface area contributed by atoms with Crippen LogP contribution in [0.5, 0.6) is 0 Å². The molecule has 0 fully saturated rings. The third kappa shape index (κ3) is 16.7. The molecule has 0 aromatic carbocycles. The van der Waals surface area contributed by atoms with Gasteiger partial charge in [-0.3, -0.25) is 0 Å². The van der Waals surface area contributed by atoms with E-state index in [1.807, 2.05) is 0 Å². The third-order valence-corrected chi connectivity index (χ3v) is 0.283. The van der Waals surface area contributed by atoms with Gasteiger partial charge in [0, 0.05) is 6.42 Å². The molecule has 0 amide bonds. The van der Waals surface area contributed by atoms with Gasteiger partial charge in [-0.2, -0.15) is 13.2 Å². The maximum atomic E-state index is 10.7. The molecule has 0 saturated carbocycles. The van der Waals surface area contributed by atoms with Crippen LogP contribution >= 0.6 is 0 Å². The Morgan fingerprint density at radius 2 is 1.50 bits per heavy atom. The van der Waals surface area contributed by atoms with E-state index in [-0.39, 0.29) is 0 Å². The van der Waals surface area contributed by atoms with Gasteiger partial charge >= 0.3 is 6.18 Å². The van der Waals surface area contributed by atoms with E-state index in [2.05, 4.69) is 6.92 Å². The summed E-state index contributed by atoms with van der Waals surface area (Å²) in [5.74, 6) is 0. The van der Waals surface area contributed by atoms with E-state index in [0.717, 1.165) is 0 Å². The van der Waals surface area contributed by atoms with E-state index in [4.69, 9.17) is 4.80 Å². The predicted molar refractivity (Wildman–Crippen MR) is 28.2 cm³/mol. The molecule has 51 valence electrons. The van der Waals surface area contributed by atoms with Crippen LogP contribution in [0, 0.1) is 6.92 Å². The standard InChI is InChI=1S/C3H4F3.H4OSi/c1-2-3(4,5)6;1-2/h1-2H2;1H,2H3. The fraction of sp³-hybridized carbons (Fsp3) is 0.667. The minimum absolute atomic E-state index is 0.306. The Balaban J connectivity index is 0. The van der Waals surface area contributed by atoms with Crippen molar-refractivity contribution in [2.75, 3.05) is 0 Å². The molecule has 5 heteroatoms. The number of halogens is 3. The molecule has 1 N–H and O–H groups in total. The Hall–Kier alpha value is -0.0331. The molecule has 0 aromatic rings. The van der Waals surface area contributed by atoms with Crippen molar-refractivity contribution in [2.45, 2.75) is 12.6 Å². The lowest BCUT2D eigenvalue weighted by Crippen LogP contribution is -2.02. The molecule has 0 saturated heterocycles. The Kier molecular flexibility index (Phi) is 6.94. The SMILES string of the molecule is O[SiH3].[CH2]CC(F)(F)F. The fourth-order valence-electron chi connectivity index (χ4n) is 0. The molecule has 0 aliphatic carbocycles. The average molecular weight is 145 g/mol. The molecule has 0 aromatic heterocycles. The molecule has 8 heavy (non-hydrogen) atoms. The summed E-state index contributed by atoms with van der Waals surface area (Å²) in [5.41, 5.74) is 0. The van der Waals surface area contributed by atoms with Gasteiger partial charge in [0.25, 0.3) is 0 Å². The number of alkyl halides is 3.